The van der Waals surface area contributed by atoms with Gasteiger partial charge in [0.25, 0.3) is 0 Å². The molecule has 0 atom stereocenters. The van der Waals surface area contributed by atoms with E-state index < -0.39 is 0 Å². The van der Waals surface area contributed by atoms with E-state index in [2.05, 4.69) is 0 Å². The Morgan fingerprint density at radius 3 is 2.69 bits per heavy atom. The Morgan fingerprint density at radius 1 is 1.23 bits per heavy atom. The Balaban J connectivity index is 2.14. The fourth-order valence-electron chi connectivity index (χ4n) is 1.35. The van der Waals surface area contributed by atoms with Crippen LogP contribution >= 0.6 is 0 Å². The van der Waals surface area contributed by atoms with Crippen LogP contribution in [0.2, 0.25) is 0 Å². The third kappa shape index (κ3) is 2.02. The molecule has 0 bridgehead atoms. The van der Waals surface area contributed by atoms with Gasteiger partial charge in [0.2, 0.25) is 0 Å². The highest BCUT2D eigenvalue weighted by Gasteiger charge is 2.24. The third-order valence-corrected chi connectivity index (χ3v) is 1.97. The molecule has 1 fully saturated rings. The summed E-state index contributed by atoms with van der Waals surface area (Å²) in [6, 6.07) is 6.96. The van der Waals surface area contributed by atoms with Crippen molar-refractivity contribution in [2.75, 3.05) is 13.2 Å². The maximum absolute atomic E-state index is 9.23. The maximum Gasteiger partial charge on any atom is 0.493 e. The molecule has 1 N–H and O–H groups in total. The highest BCUT2D eigenvalue weighted by Crippen LogP contribution is 2.07. The standard InChI is InChI=1S/C9H11BO3/c11-9-4-1-3-8(7-9)10-12-5-2-6-13-10/h1,3-4,7,11H,2,5-6H2. The van der Waals surface area contributed by atoms with E-state index >= 15 is 0 Å². The van der Waals surface area contributed by atoms with Gasteiger partial charge in [-0.1, -0.05) is 12.1 Å². The Hall–Kier alpha value is -0.995. The normalized spacial score (nSPS) is 17.4. The van der Waals surface area contributed by atoms with Crippen molar-refractivity contribution in [3.05, 3.63) is 24.3 Å². The molecule has 1 aromatic carbocycles. The second kappa shape index (κ2) is 3.81. The molecule has 0 aromatic heterocycles. The van der Waals surface area contributed by atoms with Crippen LogP contribution in [-0.4, -0.2) is 25.4 Å². The summed E-state index contributed by atoms with van der Waals surface area (Å²) >= 11 is 0. The summed E-state index contributed by atoms with van der Waals surface area (Å²) in [5.41, 5.74) is 0.875. The quantitative estimate of drug-likeness (QED) is 0.637. The molecule has 1 aliphatic heterocycles. The third-order valence-electron chi connectivity index (χ3n) is 1.97. The van der Waals surface area contributed by atoms with Gasteiger partial charge < -0.3 is 14.4 Å². The topological polar surface area (TPSA) is 38.7 Å². The van der Waals surface area contributed by atoms with Crippen LogP contribution in [-0.2, 0) is 9.31 Å². The van der Waals surface area contributed by atoms with Crippen molar-refractivity contribution in [3.8, 4) is 5.75 Å². The predicted molar refractivity (Wildman–Crippen MR) is 50.0 cm³/mol. The predicted octanol–water partition coefficient (Wildman–Crippen LogP) is 0.524. The van der Waals surface area contributed by atoms with Crippen LogP contribution in [0.25, 0.3) is 0 Å². The monoisotopic (exact) mass is 178 g/mol. The van der Waals surface area contributed by atoms with Crippen molar-refractivity contribution >= 4 is 12.6 Å². The summed E-state index contributed by atoms with van der Waals surface area (Å²) in [4.78, 5) is 0. The molecule has 1 saturated heterocycles. The fourth-order valence-corrected chi connectivity index (χ4v) is 1.35. The minimum absolute atomic E-state index is 0.246. The van der Waals surface area contributed by atoms with E-state index in [-0.39, 0.29) is 12.9 Å². The zero-order valence-corrected chi connectivity index (χ0v) is 7.27. The molecule has 4 heteroatoms. The summed E-state index contributed by atoms with van der Waals surface area (Å²) in [6.07, 6.45) is 0.940. The van der Waals surface area contributed by atoms with Gasteiger partial charge in [0.05, 0.1) is 0 Å². The Bertz CT molecular complexity index is 284. The zero-order chi connectivity index (χ0) is 9.10. The van der Waals surface area contributed by atoms with Gasteiger partial charge in [0, 0.05) is 13.2 Å². The number of aromatic hydroxyl groups is 1. The van der Waals surface area contributed by atoms with Gasteiger partial charge in [-0.05, 0) is 24.0 Å². The SMILES string of the molecule is Oc1cccc(B2OCCCO2)c1. The summed E-state index contributed by atoms with van der Waals surface area (Å²) < 4.78 is 10.8. The van der Waals surface area contributed by atoms with Gasteiger partial charge in [-0.3, -0.25) is 0 Å². The first-order valence-electron chi connectivity index (χ1n) is 4.38. The molecule has 0 unspecified atom stereocenters. The van der Waals surface area contributed by atoms with E-state index in [1.54, 1.807) is 18.2 Å². The van der Waals surface area contributed by atoms with Crippen LogP contribution in [0.1, 0.15) is 6.42 Å². The van der Waals surface area contributed by atoms with E-state index in [0.29, 0.717) is 0 Å². The second-order valence-corrected chi connectivity index (χ2v) is 3.02. The maximum atomic E-state index is 9.23. The molecule has 2 rings (SSSR count). The number of hydrogen-bond acceptors (Lipinski definition) is 3. The van der Waals surface area contributed by atoms with Crippen LogP contribution in [0, 0.1) is 0 Å². The molecular weight excluding hydrogens is 167 g/mol. The molecule has 68 valence electrons. The second-order valence-electron chi connectivity index (χ2n) is 3.02. The number of benzene rings is 1. The van der Waals surface area contributed by atoms with Crippen molar-refractivity contribution in [1.29, 1.82) is 0 Å². The summed E-state index contributed by atoms with van der Waals surface area (Å²) in [5.74, 6) is 0.246. The molecule has 0 aliphatic carbocycles. The molecule has 13 heavy (non-hydrogen) atoms. The minimum atomic E-state index is -0.305. The van der Waals surface area contributed by atoms with Gasteiger partial charge in [0.15, 0.2) is 0 Å². The lowest BCUT2D eigenvalue weighted by atomic mass is 9.78. The van der Waals surface area contributed by atoms with Crippen molar-refractivity contribution in [3.63, 3.8) is 0 Å². The first-order chi connectivity index (χ1) is 6.36. The van der Waals surface area contributed by atoms with Gasteiger partial charge >= 0.3 is 7.12 Å². The van der Waals surface area contributed by atoms with E-state index in [1.807, 2.05) is 6.07 Å². The lowest BCUT2D eigenvalue weighted by Gasteiger charge is -2.19. The lowest BCUT2D eigenvalue weighted by molar-refractivity contribution is 0.143. The van der Waals surface area contributed by atoms with Crippen molar-refractivity contribution in [2.45, 2.75) is 6.42 Å². The number of phenols is 1. The largest absolute Gasteiger partial charge is 0.508 e. The van der Waals surface area contributed by atoms with Gasteiger partial charge in [0.1, 0.15) is 5.75 Å². The van der Waals surface area contributed by atoms with Gasteiger partial charge in [-0.25, -0.2) is 0 Å². The Morgan fingerprint density at radius 2 is 2.00 bits per heavy atom. The van der Waals surface area contributed by atoms with Crippen molar-refractivity contribution < 1.29 is 14.4 Å². The van der Waals surface area contributed by atoms with E-state index in [9.17, 15) is 5.11 Å². The molecule has 3 nitrogen and oxygen atoms in total. The van der Waals surface area contributed by atoms with Gasteiger partial charge in [-0.2, -0.15) is 0 Å². The smallest absolute Gasteiger partial charge is 0.493 e. The highest BCUT2D eigenvalue weighted by atomic mass is 16.6. The molecular formula is C9H11BO3. The molecule has 0 radical (unpaired) electrons. The van der Waals surface area contributed by atoms with Crippen LogP contribution in [0.4, 0.5) is 0 Å². The Kier molecular flexibility index (Phi) is 2.52. The summed E-state index contributed by atoms with van der Waals surface area (Å²) in [7, 11) is -0.305. The average molecular weight is 178 g/mol. The van der Waals surface area contributed by atoms with Crippen LogP contribution in [0.5, 0.6) is 5.75 Å². The molecule has 0 amide bonds. The average Bonchev–Trinajstić information content (AvgIpc) is 2.19. The molecule has 1 aromatic rings. The number of phenolic OH excluding ortho intramolecular Hbond substituents is 1. The first kappa shape index (κ1) is 8.60. The van der Waals surface area contributed by atoms with E-state index in [0.717, 1.165) is 25.1 Å². The van der Waals surface area contributed by atoms with Crippen molar-refractivity contribution in [2.24, 2.45) is 0 Å². The summed E-state index contributed by atoms with van der Waals surface area (Å²) in [5, 5.41) is 9.23. The minimum Gasteiger partial charge on any atom is -0.508 e. The van der Waals surface area contributed by atoms with Crippen molar-refractivity contribution in [1.82, 2.24) is 0 Å². The van der Waals surface area contributed by atoms with Crippen LogP contribution in [0.15, 0.2) is 24.3 Å². The molecule has 1 aliphatic rings. The fraction of sp³-hybridized carbons (Fsp3) is 0.333. The number of hydrogen-bond donors (Lipinski definition) is 1. The van der Waals surface area contributed by atoms with E-state index in [4.69, 9.17) is 9.31 Å². The number of rotatable bonds is 1. The molecule has 0 spiro atoms. The summed E-state index contributed by atoms with van der Waals surface area (Å²) in [6.45, 7) is 1.45. The van der Waals surface area contributed by atoms with Crippen LogP contribution in [0.3, 0.4) is 0 Å². The van der Waals surface area contributed by atoms with E-state index in [1.165, 1.54) is 0 Å². The Labute approximate surface area is 77.4 Å². The highest BCUT2D eigenvalue weighted by molar-refractivity contribution is 6.61. The molecule has 0 saturated carbocycles. The molecule has 1 heterocycles. The lowest BCUT2D eigenvalue weighted by Crippen LogP contribution is -2.40. The van der Waals surface area contributed by atoms with Gasteiger partial charge in [-0.15, -0.1) is 0 Å². The zero-order valence-electron chi connectivity index (χ0n) is 7.27. The van der Waals surface area contributed by atoms with Crippen LogP contribution < -0.4 is 5.46 Å². The first-order valence-corrected chi connectivity index (χ1v) is 4.38.